The van der Waals surface area contributed by atoms with Crippen LogP contribution in [0.25, 0.3) is 21.8 Å². The highest BCUT2D eigenvalue weighted by atomic mass is 32.2. The number of nitrogens with zero attached hydrogens (tertiary/aromatic N) is 3. The Morgan fingerprint density at radius 3 is 2.41 bits per heavy atom. The molecule has 15 heteroatoms. The Morgan fingerprint density at radius 1 is 1.04 bits per heavy atom. The molecule has 49 heavy (non-hydrogen) atoms. The summed E-state index contributed by atoms with van der Waals surface area (Å²) in [4.78, 5) is 13.4. The number of rotatable bonds is 9. The van der Waals surface area contributed by atoms with Crippen LogP contribution in [0.4, 0.5) is 24.8 Å². The fourth-order valence-electron chi connectivity index (χ4n) is 7.54. The summed E-state index contributed by atoms with van der Waals surface area (Å²) in [5.74, 6) is -2.68. The molecule has 258 valence electrons. The third-order valence-electron chi connectivity index (χ3n) is 9.82. The molecule has 2 aromatic heterocycles. The number of sulfone groups is 1. The summed E-state index contributed by atoms with van der Waals surface area (Å²) in [6.07, 6.45) is 4.77. The normalized spacial score (nSPS) is 25.9. The number of hydrogen-bond acceptors (Lipinski definition) is 9. The smallest absolute Gasteiger partial charge is 0.267 e. The fourth-order valence-corrected chi connectivity index (χ4v) is 12.3. The van der Waals surface area contributed by atoms with Crippen LogP contribution in [0.5, 0.6) is 0 Å². The van der Waals surface area contributed by atoms with Crippen molar-refractivity contribution in [2.45, 2.75) is 55.9 Å². The number of nitrogens with one attached hydrogen (secondary N) is 2. The SMILES string of the molecule is C=C1CC(C)CC(CC)(c2nc(-c3cccc(NS(=O)(=O)c4c(F)cccc4F)c3F)c(-c3ccnc(NC4[C@H]5CS(=O)(=O)C[C@@H]45)n3)s2)C1. The first-order valence-corrected chi connectivity index (χ1v) is 20.1. The third-order valence-corrected chi connectivity index (χ3v) is 14.3. The largest absolute Gasteiger partial charge is 0.351 e. The van der Waals surface area contributed by atoms with Gasteiger partial charge in [-0.3, -0.25) is 4.72 Å². The number of thiazole rings is 1. The molecule has 1 aliphatic heterocycles. The molecule has 3 unspecified atom stereocenters. The van der Waals surface area contributed by atoms with E-state index >= 15 is 4.39 Å². The van der Waals surface area contributed by atoms with Crippen molar-refractivity contribution >= 4 is 42.8 Å². The first-order valence-electron chi connectivity index (χ1n) is 15.9. The summed E-state index contributed by atoms with van der Waals surface area (Å²) < 4.78 is 97.5. The van der Waals surface area contributed by atoms with E-state index in [9.17, 15) is 25.6 Å². The van der Waals surface area contributed by atoms with E-state index in [0.717, 1.165) is 48.0 Å². The number of hydrogen-bond donors (Lipinski definition) is 2. The first-order chi connectivity index (χ1) is 23.2. The molecule has 2 N–H and O–H groups in total. The van der Waals surface area contributed by atoms with Gasteiger partial charge in [-0.25, -0.2) is 45.0 Å². The van der Waals surface area contributed by atoms with Crippen LogP contribution < -0.4 is 10.0 Å². The Morgan fingerprint density at radius 2 is 1.73 bits per heavy atom. The lowest BCUT2D eigenvalue weighted by molar-refractivity contribution is 0.270. The summed E-state index contributed by atoms with van der Waals surface area (Å²) in [5, 5.41) is 4.04. The second-order valence-electron chi connectivity index (χ2n) is 13.4. The number of benzene rings is 2. The van der Waals surface area contributed by atoms with Gasteiger partial charge in [0, 0.05) is 23.2 Å². The molecule has 2 aromatic carbocycles. The van der Waals surface area contributed by atoms with Crippen molar-refractivity contribution in [2.75, 3.05) is 21.5 Å². The lowest BCUT2D eigenvalue weighted by Crippen LogP contribution is -2.32. The van der Waals surface area contributed by atoms with Crippen molar-refractivity contribution in [2.24, 2.45) is 17.8 Å². The summed E-state index contributed by atoms with van der Waals surface area (Å²) >= 11 is 1.38. The molecule has 3 fully saturated rings. The molecule has 5 atom stereocenters. The molecule has 2 saturated carbocycles. The summed E-state index contributed by atoms with van der Waals surface area (Å²) in [5.41, 5.74) is 0.873. The highest BCUT2D eigenvalue weighted by molar-refractivity contribution is 7.92. The van der Waals surface area contributed by atoms with Crippen LogP contribution in [0.2, 0.25) is 0 Å². The number of halogens is 3. The van der Waals surface area contributed by atoms with Crippen LogP contribution in [0.15, 0.2) is 65.7 Å². The second kappa shape index (κ2) is 12.2. The minimum atomic E-state index is -4.86. The fraction of sp³-hybridized carbons (Fsp3) is 0.382. The van der Waals surface area contributed by atoms with Crippen LogP contribution >= 0.6 is 11.3 Å². The molecule has 2 aliphatic carbocycles. The molecule has 0 radical (unpaired) electrons. The van der Waals surface area contributed by atoms with Crippen LogP contribution in [-0.2, 0) is 25.3 Å². The zero-order valence-electron chi connectivity index (χ0n) is 26.7. The van der Waals surface area contributed by atoms with Gasteiger partial charge < -0.3 is 5.32 Å². The van der Waals surface area contributed by atoms with Crippen LogP contribution in [-0.4, -0.2) is 49.3 Å². The molecule has 0 spiro atoms. The summed E-state index contributed by atoms with van der Waals surface area (Å²) in [6.45, 7) is 8.54. The highest BCUT2D eigenvalue weighted by Gasteiger charge is 2.59. The Kier molecular flexibility index (Phi) is 8.38. The number of sulfonamides is 1. The van der Waals surface area contributed by atoms with Gasteiger partial charge in [0.15, 0.2) is 20.5 Å². The highest BCUT2D eigenvalue weighted by Crippen LogP contribution is 2.51. The molecule has 7 rings (SSSR count). The number of fused-ring (bicyclic) bond motifs is 1. The predicted molar refractivity (Wildman–Crippen MR) is 183 cm³/mol. The monoisotopic (exact) mass is 729 g/mol. The van der Waals surface area contributed by atoms with Crippen molar-refractivity contribution < 1.29 is 30.0 Å². The van der Waals surface area contributed by atoms with Crippen LogP contribution in [0.1, 0.15) is 44.5 Å². The van der Waals surface area contributed by atoms with E-state index in [2.05, 4.69) is 30.7 Å². The van der Waals surface area contributed by atoms with E-state index in [1.165, 1.54) is 29.5 Å². The quantitative estimate of drug-likeness (QED) is 0.177. The Balaban J connectivity index is 1.30. The number of aromatic nitrogens is 3. The van der Waals surface area contributed by atoms with Gasteiger partial charge in [-0.05, 0) is 73.8 Å². The maximum atomic E-state index is 16.4. The Bertz CT molecular complexity index is 2170. The maximum absolute atomic E-state index is 16.4. The molecular formula is C34H34F3N5O4S3. The summed E-state index contributed by atoms with van der Waals surface area (Å²) in [7, 11) is -7.89. The maximum Gasteiger partial charge on any atom is 0.267 e. The van der Waals surface area contributed by atoms with Crippen molar-refractivity contribution in [3.63, 3.8) is 0 Å². The van der Waals surface area contributed by atoms with Gasteiger partial charge in [0.05, 0.1) is 33.5 Å². The molecule has 9 nitrogen and oxygen atoms in total. The lowest BCUT2D eigenvalue weighted by Gasteiger charge is -2.39. The van der Waals surface area contributed by atoms with Crippen molar-refractivity contribution in [3.05, 3.63) is 83.3 Å². The zero-order chi connectivity index (χ0) is 34.9. The molecule has 4 aromatic rings. The first kappa shape index (κ1) is 33.7. The molecule has 0 amide bonds. The predicted octanol–water partition coefficient (Wildman–Crippen LogP) is 6.96. The third kappa shape index (κ3) is 6.25. The van der Waals surface area contributed by atoms with Crippen LogP contribution in [0.3, 0.4) is 0 Å². The average Bonchev–Trinajstić information content (AvgIpc) is 3.34. The van der Waals surface area contributed by atoms with E-state index in [1.54, 1.807) is 12.3 Å². The molecule has 3 aliphatic rings. The topological polar surface area (TPSA) is 131 Å². The van der Waals surface area contributed by atoms with Crippen molar-refractivity contribution in [3.8, 4) is 21.8 Å². The van der Waals surface area contributed by atoms with Gasteiger partial charge in [0.2, 0.25) is 5.95 Å². The van der Waals surface area contributed by atoms with E-state index in [-0.39, 0.29) is 46.1 Å². The van der Waals surface area contributed by atoms with E-state index < -0.39 is 47.9 Å². The van der Waals surface area contributed by atoms with Gasteiger partial charge in [0.25, 0.3) is 10.0 Å². The van der Waals surface area contributed by atoms with Crippen LogP contribution in [0, 0.1) is 35.2 Å². The van der Waals surface area contributed by atoms with Crippen molar-refractivity contribution in [1.29, 1.82) is 0 Å². The minimum Gasteiger partial charge on any atom is -0.351 e. The van der Waals surface area contributed by atoms with E-state index in [4.69, 9.17) is 9.97 Å². The molecule has 1 saturated heterocycles. The standard InChI is InChI=1S/C34H34F3N5O4S3/c1-4-34(14-18(2)13-19(3)15-34)32-40-29(20-7-5-10-25(27(20)37)42-49(45,46)31-23(35)8-6-9-24(31)36)30(47-32)26-11-12-38-33(39-26)41-28-21-16-48(43,44)17-22(21)28/h5-12,19,21-22,28,42H,2,4,13-17H2,1,3H3,(H,38,39,41)/t19?,21-,22+,28?,34?. The molecular weight excluding hydrogens is 696 g/mol. The zero-order valence-corrected chi connectivity index (χ0v) is 29.2. The van der Waals surface area contributed by atoms with E-state index in [0.29, 0.717) is 28.9 Å². The van der Waals surface area contributed by atoms with Gasteiger partial charge in [0.1, 0.15) is 16.6 Å². The second-order valence-corrected chi connectivity index (χ2v) is 18.2. The number of allylic oxidation sites excluding steroid dienone is 1. The molecule has 0 bridgehead atoms. The van der Waals surface area contributed by atoms with Gasteiger partial charge in [-0.1, -0.05) is 38.1 Å². The Labute approximate surface area is 287 Å². The summed E-state index contributed by atoms with van der Waals surface area (Å²) in [6, 6.07) is 8.33. The Hall–Kier alpha value is -3.82. The van der Waals surface area contributed by atoms with Crippen molar-refractivity contribution in [1.82, 2.24) is 15.0 Å². The van der Waals surface area contributed by atoms with E-state index in [1.807, 2.05) is 4.72 Å². The van der Waals surface area contributed by atoms with Gasteiger partial charge in [-0.15, -0.1) is 11.3 Å². The lowest BCUT2D eigenvalue weighted by atomic mass is 9.67. The molecule has 3 heterocycles. The minimum absolute atomic E-state index is 0.00655. The average molecular weight is 730 g/mol. The number of anilines is 2. The van der Waals surface area contributed by atoms with Gasteiger partial charge >= 0.3 is 0 Å². The van der Waals surface area contributed by atoms with Gasteiger partial charge in [-0.2, -0.15) is 0 Å².